The fourth-order valence-electron chi connectivity index (χ4n) is 2.17. The molecule has 24 heavy (non-hydrogen) atoms. The zero-order chi connectivity index (χ0) is 17.5. The molecule has 1 unspecified atom stereocenters. The van der Waals surface area contributed by atoms with Gasteiger partial charge in [0.1, 0.15) is 11.8 Å². The van der Waals surface area contributed by atoms with Crippen molar-refractivity contribution in [3.8, 4) is 11.9 Å². The first-order chi connectivity index (χ1) is 11.5. The summed E-state index contributed by atoms with van der Waals surface area (Å²) in [5, 5.41) is 22.9. The smallest absolute Gasteiger partial charge is 0.262 e. The normalized spacial score (nSPS) is 11.3. The summed E-state index contributed by atoms with van der Waals surface area (Å²) in [6, 6.07) is 8.95. The Hall–Kier alpha value is -2.85. The van der Waals surface area contributed by atoms with E-state index in [1.54, 1.807) is 36.6 Å². The number of rotatable bonds is 6. The molecule has 2 rings (SSSR count). The van der Waals surface area contributed by atoms with E-state index in [9.17, 15) is 14.7 Å². The summed E-state index contributed by atoms with van der Waals surface area (Å²) < 4.78 is 0. The lowest BCUT2D eigenvalue weighted by atomic mass is 10.0. The van der Waals surface area contributed by atoms with E-state index in [4.69, 9.17) is 5.26 Å². The number of hydrogen-bond donors (Lipinski definition) is 2. The quantitative estimate of drug-likeness (QED) is 0.620. The molecule has 2 aromatic rings. The van der Waals surface area contributed by atoms with Crippen molar-refractivity contribution in [2.75, 3.05) is 6.54 Å². The monoisotopic (exact) mass is 343 g/mol. The summed E-state index contributed by atoms with van der Waals surface area (Å²) in [5.74, 6) is -0.689. The molecule has 7 heteroatoms. The minimum atomic E-state index is -0.858. The molecular weight excluding hydrogens is 326 g/mol. The third-order valence-corrected chi connectivity index (χ3v) is 4.30. The second-order valence-electron chi connectivity index (χ2n) is 5.06. The van der Waals surface area contributed by atoms with Crippen LogP contribution in [0.3, 0.4) is 0 Å². The van der Waals surface area contributed by atoms with Crippen molar-refractivity contribution in [1.29, 1.82) is 5.26 Å². The second kappa shape index (κ2) is 8.13. The lowest BCUT2D eigenvalue weighted by Crippen LogP contribution is -2.48. The van der Waals surface area contributed by atoms with Crippen molar-refractivity contribution < 1.29 is 14.7 Å². The van der Waals surface area contributed by atoms with Gasteiger partial charge in [-0.1, -0.05) is 18.2 Å². The maximum absolute atomic E-state index is 12.5. The van der Waals surface area contributed by atoms with Crippen LogP contribution < -0.4 is 5.32 Å². The first-order valence-corrected chi connectivity index (χ1v) is 8.26. The molecule has 0 saturated carbocycles. The Morgan fingerprint density at radius 2 is 2.04 bits per heavy atom. The Morgan fingerprint density at radius 1 is 1.33 bits per heavy atom. The van der Waals surface area contributed by atoms with Crippen LogP contribution in [0.4, 0.5) is 0 Å². The topological polar surface area (TPSA) is 93.4 Å². The van der Waals surface area contributed by atoms with Crippen molar-refractivity contribution in [2.24, 2.45) is 0 Å². The molecular formula is C17H17N3O3S. The summed E-state index contributed by atoms with van der Waals surface area (Å²) in [5.41, 5.74) is 0.770. The number of amides is 2. The third kappa shape index (κ3) is 4.33. The Morgan fingerprint density at radius 3 is 2.58 bits per heavy atom. The van der Waals surface area contributed by atoms with Crippen LogP contribution in [0, 0.1) is 11.5 Å². The van der Waals surface area contributed by atoms with Crippen LogP contribution in [-0.2, 0) is 11.2 Å². The average Bonchev–Trinajstić information content (AvgIpc) is 3.12. The minimum absolute atomic E-state index is 0.122. The zero-order valence-electron chi connectivity index (χ0n) is 13.1. The van der Waals surface area contributed by atoms with E-state index in [0.29, 0.717) is 4.88 Å². The summed E-state index contributed by atoms with van der Waals surface area (Å²) in [7, 11) is 0. The van der Waals surface area contributed by atoms with Crippen LogP contribution >= 0.6 is 11.3 Å². The number of likely N-dealkylation sites (N-methyl/N-ethyl adjacent to an activating group) is 1. The number of nitrogens with zero attached hydrogens (tertiary/aromatic N) is 2. The maximum Gasteiger partial charge on any atom is 0.262 e. The molecule has 0 aliphatic heterocycles. The number of phenols is 1. The molecule has 1 heterocycles. The molecule has 0 fully saturated rings. The van der Waals surface area contributed by atoms with Gasteiger partial charge in [-0.05, 0) is 36.1 Å². The number of carbonyl (C=O) groups is 2. The van der Waals surface area contributed by atoms with Gasteiger partial charge in [0.15, 0.2) is 6.19 Å². The van der Waals surface area contributed by atoms with E-state index in [1.807, 2.05) is 6.19 Å². The molecule has 2 amide bonds. The third-order valence-electron chi connectivity index (χ3n) is 3.43. The van der Waals surface area contributed by atoms with Gasteiger partial charge in [-0.15, -0.1) is 11.3 Å². The van der Waals surface area contributed by atoms with Gasteiger partial charge in [0.2, 0.25) is 0 Å². The van der Waals surface area contributed by atoms with E-state index < -0.39 is 11.9 Å². The fourth-order valence-corrected chi connectivity index (χ4v) is 2.80. The first kappa shape index (κ1) is 17.5. The van der Waals surface area contributed by atoms with Crippen LogP contribution in [0.2, 0.25) is 0 Å². The van der Waals surface area contributed by atoms with Crippen molar-refractivity contribution in [3.05, 3.63) is 52.2 Å². The molecule has 1 aromatic heterocycles. The molecule has 1 aromatic carbocycles. The van der Waals surface area contributed by atoms with Gasteiger partial charge >= 0.3 is 0 Å². The molecule has 2 N–H and O–H groups in total. The highest BCUT2D eigenvalue weighted by Crippen LogP contribution is 2.14. The average molecular weight is 343 g/mol. The number of nitrogens with one attached hydrogen (secondary N) is 1. The van der Waals surface area contributed by atoms with Crippen LogP contribution in [0.15, 0.2) is 41.8 Å². The summed E-state index contributed by atoms with van der Waals surface area (Å²) in [6.07, 6.45) is 2.06. The minimum Gasteiger partial charge on any atom is -0.508 e. The highest BCUT2D eigenvalue weighted by molar-refractivity contribution is 7.12. The molecule has 0 aliphatic rings. The predicted molar refractivity (Wildman–Crippen MR) is 90.4 cm³/mol. The fraction of sp³-hybridized carbons (Fsp3) is 0.235. The van der Waals surface area contributed by atoms with E-state index >= 15 is 0 Å². The predicted octanol–water partition coefficient (Wildman–Crippen LogP) is 2.12. The maximum atomic E-state index is 12.5. The lowest BCUT2D eigenvalue weighted by molar-refractivity contribution is -0.130. The van der Waals surface area contributed by atoms with E-state index in [0.717, 1.165) is 10.5 Å². The molecule has 0 radical (unpaired) electrons. The van der Waals surface area contributed by atoms with E-state index in [-0.39, 0.29) is 24.6 Å². The van der Waals surface area contributed by atoms with Gasteiger partial charge in [0, 0.05) is 13.0 Å². The number of thiophene rings is 1. The number of carbonyl (C=O) groups excluding carboxylic acids is 2. The highest BCUT2D eigenvalue weighted by atomic mass is 32.1. The van der Waals surface area contributed by atoms with Crippen molar-refractivity contribution in [3.63, 3.8) is 0 Å². The van der Waals surface area contributed by atoms with E-state index in [1.165, 1.54) is 23.5 Å². The Kier molecular flexibility index (Phi) is 5.93. The zero-order valence-corrected chi connectivity index (χ0v) is 13.9. The molecule has 0 bridgehead atoms. The van der Waals surface area contributed by atoms with E-state index in [2.05, 4.69) is 5.32 Å². The number of benzene rings is 1. The highest BCUT2D eigenvalue weighted by Gasteiger charge is 2.26. The van der Waals surface area contributed by atoms with Gasteiger partial charge in [-0.25, -0.2) is 4.90 Å². The van der Waals surface area contributed by atoms with Crippen LogP contribution in [0.1, 0.15) is 22.2 Å². The molecule has 0 spiro atoms. The molecule has 124 valence electrons. The Balaban J connectivity index is 2.20. The van der Waals surface area contributed by atoms with Crippen molar-refractivity contribution >= 4 is 23.2 Å². The summed E-state index contributed by atoms with van der Waals surface area (Å²) in [6.45, 7) is 1.93. The largest absolute Gasteiger partial charge is 0.508 e. The second-order valence-corrected chi connectivity index (χ2v) is 6.00. The Bertz CT molecular complexity index is 735. The number of hydrogen-bond acceptors (Lipinski definition) is 5. The van der Waals surface area contributed by atoms with Crippen LogP contribution in [-0.4, -0.2) is 34.4 Å². The standard InChI is InChI=1S/C17H17N3O3S/c1-2-20(11-18)17(23)14(10-12-5-7-13(21)8-6-12)19-16(22)15-4-3-9-24-15/h3-9,14,21H,2,10H2,1H3,(H,19,22). The van der Waals surface area contributed by atoms with Gasteiger partial charge in [-0.2, -0.15) is 5.26 Å². The van der Waals surface area contributed by atoms with Crippen molar-refractivity contribution in [2.45, 2.75) is 19.4 Å². The van der Waals surface area contributed by atoms with Gasteiger partial charge in [0.25, 0.3) is 11.8 Å². The number of nitriles is 1. The van der Waals surface area contributed by atoms with Gasteiger partial charge < -0.3 is 10.4 Å². The van der Waals surface area contributed by atoms with Crippen molar-refractivity contribution in [1.82, 2.24) is 10.2 Å². The molecule has 0 saturated heterocycles. The SMILES string of the molecule is CCN(C#N)C(=O)C(Cc1ccc(O)cc1)NC(=O)c1cccs1. The summed E-state index contributed by atoms with van der Waals surface area (Å²) >= 11 is 1.28. The molecule has 6 nitrogen and oxygen atoms in total. The summed E-state index contributed by atoms with van der Waals surface area (Å²) in [4.78, 5) is 26.3. The first-order valence-electron chi connectivity index (χ1n) is 7.38. The van der Waals surface area contributed by atoms with Gasteiger partial charge in [0.05, 0.1) is 4.88 Å². The number of aromatic hydroxyl groups is 1. The van der Waals surface area contributed by atoms with Gasteiger partial charge in [-0.3, -0.25) is 9.59 Å². The number of phenolic OH excluding ortho intramolecular Hbond substituents is 1. The van der Waals surface area contributed by atoms with Crippen LogP contribution in [0.25, 0.3) is 0 Å². The Labute approximate surface area is 144 Å². The molecule has 0 aliphatic carbocycles. The van der Waals surface area contributed by atoms with Crippen LogP contribution in [0.5, 0.6) is 5.75 Å². The lowest BCUT2D eigenvalue weighted by Gasteiger charge is -2.21. The molecule has 1 atom stereocenters.